The number of hydrogen-bond acceptors (Lipinski definition) is 2. The molecule has 0 aliphatic carbocycles. The van der Waals surface area contributed by atoms with Gasteiger partial charge in [0.15, 0.2) is 4.80 Å². The van der Waals surface area contributed by atoms with E-state index in [9.17, 15) is 0 Å². The lowest BCUT2D eigenvalue weighted by atomic mass is 10.1. The van der Waals surface area contributed by atoms with E-state index in [1.54, 1.807) is 11.3 Å². The van der Waals surface area contributed by atoms with Gasteiger partial charge in [-0.2, -0.15) is 0 Å². The third kappa shape index (κ3) is 4.06. The monoisotopic (exact) mass is 486 g/mol. The first-order valence-electron chi connectivity index (χ1n) is 7.93. The average Bonchev–Trinajstić information content (AvgIpc) is 3.08. The van der Waals surface area contributed by atoms with Crippen molar-refractivity contribution in [2.24, 2.45) is 4.99 Å². The third-order valence-electron chi connectivity index (χ3n) is 3.84. The van der Waals surface area contributed by atoms with Gasteiger partial charge in [-0.15, -0.1) is 28.3 Å². The van der Waals surface area contributed by atoms with Gasteiger partial charge in [0.1, 0.15) is 0 Å². The van der Waals surface area contributed by atoms with Gasteiger partial charge in [0, 0.05) is 15.5 Å². The quantitative estimate of drug-likeness (QED) is 0.303. The Hall–Kier alpha value is -1.95. The highest BCUT2D eigenvalue weighted by Crippen LogP contribution is 2.24. The van der Waals surface area contributed by atoms with Crippen molar-refractivity contribution in [1.82, 2.24) is 4.57 Å². The van der Waals surface area contributed by atoms with Crippen molar-refractivity contribution in [2.45, 2.75) is 0 Å². The summed E-state index contributed by atoms with van der Waals surface area (Å²) in [6.45, 7) is 0. The number of nitrogens with zero attached hydrogens (tertiary/aromatic N) is 2. The molecule has 0 aliphatic rings. The summed E-state index contributed by atoms with van der Waals surface area (Å²) in [5, 5.41) is 2.17. The Morgan fingerprint density at radius 2 is 1.38 bits per heavy atom. The predicted molar refractivity (Wildman–Crippen MR) is 119 cm³/mol. The van der Waals surface area contributed by atoms with Gasteiger partial charge in [0.05, 0.1) is 11.4 Å². The zero-order valence-corrected chi connectivity index (χ0v) is 17.9. The first kappa shape index (κ1) is 18.8. The van der Waals surface area contributed by atoms with Gasteiger partial charge in [0.25, 0.3) is 0 Å². The molecule has 26 heavy (non-hydrogen) atoms. The fourth-order valence-electron chi connectivity index (χ4n) is 2.65. The van der Waals surface area contributed by atoms with Crippen LogP contribution < -0.4 is 4.80 Å². The van der Waals surface area contributed by atoms with Crippen LogP contribution in [0.3, 0.4) is 0 Å². The fourth-order valence-corrected chi connectivity index (χ4v) is 3.84. The molecule has 0 aliphatic heterocycles. The van der Waals surface area contributed by atoms with Gasteiger partial charge in [-0.25, -0.2) is 4.99 Å². The van der Waals surface area contributed by atoms with Gasteiger partial charge >= 0.3 is 0 Å². The van der Waals surface area contributed by atoms with Crippen molar-refractivity contribution in [2.75, 3.05) is 0 Å². The molecule has 130 valence electrons. The van der Waals surface area contributed by atoms with Gasteiger partial charge < -0.3 is 0 Å². The van der Waals surface area contributed by atoms with Crippen molar-refractivity contribution < 1.29 is 0 Å². The van der Waals surface area contributed by atoms with E-state index in [-0.39, 0.29) is 17.0 Å². The molecule has 4 aromatic rings. The summed E-state index contributed by atoms with van der Waals surface area (Å²) in [7, 11) is 0. The van der Waals surface area contributed by atoms with Crippen LogP contribution in [0.2, 0.25) is 0 Å². The molecule has 0 saturated carbocycles. The summed E-state index contributed by atoms with van der Waals surface area (Å²) in [6.07, 6.45) is 0. The van der Waals surface area contributed by atoms with Crippen molar-refractivity contribution in [3.05, 3.63) is 99.6 Å². The Balaban J connectivity index is 0.00000196. The molecule has 4 rings (SSSR count). The molecule has 0 fully saturated rings. The number of thiazole rings is 1. The SMILES string of the molecule is Br.Brc1ccc(N=c2scc(-c3ccccc3)n2-c2ccccc2)cc1. The molecule has 0 saturated heterocycles. The standard InChI is InChI=1S/C21H15BrN2S.BrH/c22-17-11-13-18(14-12-17)23-21-24(19-9-5-2-6-10-19)20(15-25-21)16-7-3-1-4-8-16;/h1-15H;1H. The normalized spacial score (nSPS) is 11.2. The van der Waals surface area contributed by atoms with Crippen LogP contribution in [0.5, 0.6) is 0 Å². The van der Waals surface area contributed by atoms with Gasteiger partial charge in [-0.3, -0.25) is 4.57 Å². The molecular weight excluding hydrogens is 472 g/mol. The van der Waals surface area contributed by atoms with Crippen LogP contribution in [0.25, 0.3) is 16.9 Å². The lowest BCUT2D eigenvalue weighted by Gasteiger charge is -2.09. The van der Waals surface area contributed by atoms with Crippen LogP contribution in [-0.2, 0) is 0 Å². The molecule has 1 aromatic heterocycles. The summed E-state index contributed by atoms with van der Waals surface area (Å²) in [5.74, 6) is 0. The number of rotatable bonds is 3. The fraction of sp³-hybridized carbons (Fsp3) is 0. The Morgan fingerprint density at radius 3 is 2.04 bits per heavy atom. The van der Waals surface area contributed by atoms with E-state index in [0.717, 1.165) is 26.3 Å². The third-order valence-corrected chi connectivity index (χ3v) is 5.20. The zero-order valence-electron chi connectivity index (χ0n) is 13.7. The maximum atomic E-state index is 4.87. The Kier molecular flexibility index (Phi) is 6.25. The Morgan fingerprint density at radius 1 is 0.769 bits per heavy atom. The van der Waals surface area contributed by atoms with E-state index >= 15 is 0 Å². The average molecular weight is 488 g/mol. The molecule has 3 aromatic carbocycles. The summed E-state index contributed by atoms with van der Waals surface area (Å²) < 4.78 is 3.26. The van der Waals surface area contributed by atoms with E-state index in [1.807, 2.05) is 36.4 Å². The van der Waals surface area contributed by atoms with Crippen LogP contribution >= 0.6 is 44.2 Å². The minimum absolute atomic E-state index is 0. The maximum absolute atomic E-state index is 4.87. The number of hydrogen-bond donors (Lipinski definition) is 0. The summed E-state index contributed by atoms with van der Waals surface area (Å²) in [4.78, 5) is 5.82. The largest absolute Gasteiger partial charge is 0.285 e. The molecule has 1 heterocycles. The number of para-hydroxylation sites is 1. The highest BCUT2D eigenvalue weighted by Gasteiger charge is 2.09. The zero-order chi connectivity index (χ0) is 17.1. The summed E-state index contributed by atoms with van der Waals surface area (Å²) in [6, 6.07) is 28.8. The number of halogens is 2. The van der Waals surface area contributed by atoms with Crippen LogP contribution in [0.15, 0.2) is 99.8 Å². The molecular formula is C21H16Br2N2S. The summed E-state index contributed by atoms with van der Waals surface area (Å²) in [5.41, 5.74) is 4.38. The molecule has 0 unspecified atom stereocenters. The second kappa shape index (κ2) is 8.62. The van der Waals surface area contributed by atoms with Crippen molar-refractivity contribution in [1.29, 1.82) is 0 Å². The lowest BCUT2D eigenvalue weighted by molar-refractivity contribution is 1.01. The second-order valence-electron chi connectivity index (χ2n) is 5.53. The lowest BCUT2D eigenvalue weighted by Crippen LogP contribution is -2.13. The summed E-state index contributed by atoms with van der Waals surface area (Å²) >= 11 is 5.12. The number of aromatic nitrogens is 1. The van der Waals surface area contributed by atoms with Crippen LogP contribution in [0, 0.1) is 0 Å². The smallest absolute Gasteiger partial charge is 0.195 e. The van der Waals surface area contributed by atoms with Crippen LogP contribution in [0.1, 0.15) is 0 Å². The molecule has 5 heteroatoms. The topological polar surface area (TPSA) is 17.3 Å². The van der Waals surface area contributed by atoms with Crippen LogP contribution in [-0.4, -0.2) is 4.57 Å². The molecule has 0 atom stereocenters. The Labute approximate surface area is 175 Å². The van der Waals surface area contributed by atoms with Gasteiger partial charge in [-0.1, -0.05) is 64.5 Å². The highest BCUT2D eigenvalue weighted by molar-refractivity contribution is 9.10. The van der Waals surface area contributed by atoms with Gasteiger partial charge in [-0.05, 0) is 42.0 Å². The van der Waals surface area contributed by atoms with E-state index in [0.29, 0.717) is 0 Å². The molecule has 0 bridgehead atoms. The van der Waals surface area contributed by atoms with E-state index in [4.69, 9.17) is 4.99 Å². The van der Waals surface area contributed by atoms with Crippen molar-refractivity contribution in [3.63, 3.8) is 0 Å². The first-order valence-corrected chi connectivity index (χ1v) is 9.60. The minimum atomic E-state index is 0. The number of benzene rings is 3. The molecule has 0 N–H and O–H groups in total. The maximum Gasteiger partial charge on any atom is 0.195 e. The molecule has 0 radical (unpaired) electrons. The van der Waals surface area contributed by atoms with E-state index < -0.39 is 0 Å². The minimum Gasteiger partial charge on any atom is -0.285 e. The Bertz CT molecular complexity index is 1040. The molecule has 2 nitrogen and oxygen atoms in total. The predicted octanol–water partition coefficient (Wildman–Crippen LogP) is 6.78. The van der Waals surface area contributed by atoms with Crippen molar-refractivity contribution in [3.8, 4) is 16.9 Å². The van der Waals surface area contributed by atoms with E-state index in [1.165, 1.54) is 5.56 Å². The second-order valence-corrected chi connectivity index (χ2v) is 7.28. The molecule has 0 spiro atoms. The first-order chi connectivity index (χ1) is 12.3. The highest BCUT2D eigenvalue weighted by atomic mass is 79.9. The van der Waals surface area contributed by atoms with Gasteiger partial charge in [0.2, 0.25) is 0 Å². The van der Waals surface area contributed by atoms with Crippen LogP contribution in [0.4, 0.5) is 5.69 Å². The van der Waals surface area contributed by atoms with E-state index in [2.05, 4.69) is 74.4 Å². The molecule has 0 amide bonds. The van der Waals surface area contributed by atoms with Crippen molar-refractivity contribution >= 4 is 49.9 Å².